The third kappa shape index (κ3) is 6.91. The molecule has 5 heteroatoms. The fraction of sp³-hybridized carbons (Fsp3) is 1.00. The molecule has 1 aliphatic heterocycles. The van der Waals surface area contributed by atoms with Crippen molar-refractivity contribution in [2.45, 2.75) is 51.7 Å². The van der Waals surface area contributed by atoms with E-state index in [4.69, 9.17) is 0 Å². The van der Waals surface area contributed by atoms with Crippen molar-refractivity contribution < 1.29 is 5.11 Å². The van der Waals surface area contributed by atoms with Crippen molar-refractivity contribution in [3.63, 3.8) is 0 Å². The highest BCUT2D eigenvalue weighted by Crippen LogP contribution is 2.18. The first kappa shape index (κ1) is 19.9. The Balaban J connectivity index is 0. The lowest BCUT2D eigenvalue weighted by Crippen LogP contribution is -2.37. The molecule has 1 saturated heterocycles. The van der Waals surface area contributed by atoms with Gasteiger partial charge < -0.3 is 15.7 Å². The summed E-state index contributed by atoms with van der Waals surface area (Å²) < 4.78 is 0. The first-order valence-electron chi connectivity index (χ1n) is 5.97. The van der Waals surface area contributed by atoms with Crippen LogP contribution in [-0.2, 0) is 0 Å². The Hall–Kier alpha value is 0.580. The molecule has 3 N–H and O–H groups in total. The molecule has 0 unspecified atom stereocenters. The fourth-order valence-electron chi connectivity index (χ4n) is 2.50. The first-order valence-corrected chi connectivity index (χ1v) is 5.97. The van der Waals surface area contributed by atoms with E-state index >= 15 is 0 Å². The number of nitrogens with one attached hydrogen (secondary N) is 2. The maximum atomic E-state index is 9.37. The highest BCUT2D eigenvalue weighted by Gasteiger charge is 2.20. The lowest BCUT2D eigenvalue weighted by Gasteiger charge is -2.27. The monoisotopic (exact) mass is 282 g/mol. The van der Waals surface area contributed by atoms with Gasteiger partial charge in [-0.25, -0.2) is 0 Å². The molecule has 2 fully saturated rings. The second kappa shape index (κ2) is 10.5. The van der Waals surface area contributed by atoms with Crippen LogP contribution in [0.5, 0.6) is 0 Å². The summed E-state index contributed by atoms with van der Waals surface area (Å²) in [7, 11) is 0. The highest BCUT2D eigenvalue weighted by molar-refractivity contribution is 7.59. The van der Waals surface area contributed by atoms with Crippen molar-refractivity contribution in [3.8, 4) is 0 Å². The van der Waals surface area contributed by atoms with Gasteiger partial charge in [-0.15, -0.1) is 0 Å². The van der Waals surface area contributed by atoms with E-state index in [-0.39, 0.29) is 40.5 Å². The molecule has 1 aliphatic carbocycles. The molecule has 0 amide bonds. The smallest absolute Gasteiger partial charge is 0.0541 e. The van der Waals surface area contributed by atoms with Crippen LogP contribution in [0.1, 0.15) is 39.5 Å². The molecule has 2 rings (SSSR count). The van der Waals surface area contributed by atoms with Gasteiger partial charge in [0.2, 0.25) is 0 Å². The van der Waals surface area contributed by atoms with Crippen LogP contribution < -0.4 is 10.6 Å². The Bertz CT molecular complexity index is 170. The average molecular weight is 283 g/mol. The number of aliphatic hydroxyl groups excluding tert-OH is 1. The summed E-state index contributed by atoms with van der Waals surface area (Å²) >= 11 is 0. The predicted molar refractivity (Wildman–Crippen MR) is 84.7 cm³/mol. The molecule has 17 heavy (non-hydrogen) atoms. The molecule has 0 aromatic heterocycles. The third-order valence-corrected chi connectivity index (χ3v) is 3.55. The van der Waals surface area contributed by atoms with Crippen molar-refractivity contribution >= 4 is 27.0 Å². The van der Waals surface area contributed by atoms with Gasteiger partial charge >= 0.3 is 0 Å². The van der Waals surface area contributed by atoms with Gasteiger partial charge in [-0.2, -0.15) is 27.0 Å². The van der Waals surface area contributed by atoms with Crippen molar-refractivity contribution in [1.29, 1.82) is 0 Å². The normalized spacial score (nSPS) is 31.9. The van der Waals surface area contributed by atoms with E-state index in [2.05, 4.69) is 10.6 Å². The minimum absolute atomic E-state index is 0. The molecule has 1 atom stereocenters. The second-order valence-electron chi connectivity index (χ2n) is 4.77. The number of hydrogen-bond donors (Lipinski definition) is 3. The Morgan fingerprint density at radius 2 is 1.71 bits per heavy atom. The van der Waals surface area contributed by atoms with Gasteiger partial charge in [0.1, 0.15) is 0 Å². The van der Waals surface area contributed by atoms with E-state index in [9.17, 15) is 5.11 Å². The molecule has 0 aromatic rings. The molecule has 0 radical (unpaired) electrons. The first-order chi connectivity index (χ1) is 6.84. The maximum absolute atomic E-state index is 9.37. The molecular weight excluding hydrogens is 252 g/mol. The van der Waals surface area contributed by atoms with Gasteiger partial charge in [0.15, 0.2) is 0 Å². The minimum atomic E-state index is -0.0267. The summed E-state index contributed by atoms with van der Waals surface area (Å²) in [6.07, 6.45) is 5.58. The van der Waals surface area contributed by atoms with Crippen LogP contribution in [0.25, 0.3) is 0 Å². The summed E-state index contributed by atoms with van der Waals surface area (Å²) in [4.78, 5) is 0. The van der Waals surface area contributed by atoms with Crippen molar-refractivity contribution in [1.82, 2.24) is 10.6 Å². The highest BCUT2D eigenvalue weighted by atomic mass is 32.1. The van der Waals surface area contributed by atoms with E-state index in [1.54, 1.807) is 0 Å². The molecule has 2 aliphatic rings. The molecule has 3 nitrogen and oxygen atoms in total. The minimum Gasteiger partial charge on any atom is -0.393 e. The van der Waals surface area contributed by atoms with E-state index < -0.39 is 0 Å². The Kier molecular flexibility index (Phi) is 12.3. The SMILES string of the molecule is C.OC1CCC(NC[C@H]2CCNC2)CC1.S.S. The standard InChI is InChI=1S/C11H22N2O.CH4.2H2S/c14-11-3-1-10(2-4-11)13-8-9-5-6-12-7-9;;;/h9-14H,1-8H2;1H4;2*1H2/t9-,10?,11?;;;/m0.../s1. The molecule has 0 bridgehead atoms. The zero-order chi connectivity index (χ0) is 9.80. The van der Waals surface area contributed by atoms with E-state index in [1.807, 2.05) is 0 Å². The molecule has 1 saturated carbocycles. The molecule has 0 spiro atoms. The summed E-state index contributed by atoms with van der Waals surface area (Å²) in [5.41, 5.74) is 0. The topological polar surface area (TPSA) is 44.3 Å². The quantitative estimate of drug-likeness (QED) is 0.732. The lowest BCUT2D eigenvalue weighted by atomic mass is 9.93. The Labute approximate surface area is 120 Å². The van der Waals surface area contributed by atoms with Crippen LogP contribution >= 0.6 is 27.0 Å². The zero-order valence-electron chi connectivity index (χ0n) is 9.84. The van der Waals surface area contributed by atoms with Crippen LogP contribution in [0.15, 0.2) is 0 Å². The number of rotatable bonds is 3. The van der Waals surface area contributed by atoms with Crippen molar-refractivity contribution in [3.05, 3.63) is 0 Å². The molecule has 0 aromatic carbocycles. The van der Waals surface area contributed by atoms with Crippen LogP contribution in [0.3, 0.4) is 0 Å². The van der Waals surface area contributed by atoms with Crippen LogP contribution in [0.2, 0.25) is 0 Å². The van der Waals surface area contributed by atoms with Crippen molar-refractivity contribution in [2.24, 2.45) is 5.92 Å². The summed E-state index contributed by atoms with van der Waals surface area (Å²) in [5.74, 6) is 0.835. The zero-order valence-corrected chi connectivity index (χ0v) is 11.8. The van der Waals surface area contributed by atoms with Crippen LogP contribution in [0, 0.1) is 5.92 Å². The maximum Gasteiger partial charge on any atom is 0.0541 e. The largest absolute Gasteiger partial charge is 0.393 e. The average Bonchev–Trinajstić information content (AvgIpc) is 2.70. The van der Waals surface area contributed by atoms with Crippen LogP contribution in [-0.4, -0.2) is 36.9 Å². The predicted octanol–water partition coefficient (Wildman–Crippen LogP) is 1.35. The Morgan fingerprint density at radius 3 is 2.24 bits per heavy atom. The summed E-state index contributed by atoms with van der Waals surface area (Å²) in [6.45, 7) is 3.53. The van der Waals surface area contributed by atoms with Crippen LogP contribution in [0.4, 0.5) is 0 Å². The van der Waals surface area contributed by atoms with Crippen molar-refractivity contribution in [2.75, 3.05) is 19.6 Å². The summed E-state index contributed by atoms with van der Waals surface area (Å²) in [6, 6.07) is 0.666. The van der Waals surface area contributed by atoms with E-state index in [0.29, 0.717) is 6.04 Å². The number of aliphatic hydroxyl groups is 1. The van der Waals surface area contributed by atoms with E-state index in [1.165, 1.54) is 19.5 Å². The fourth-order valence-corrected chi connectivity index (χ4v) is 2.50. The van der Waals surface area contributed by atoms with Gasteiger partial charge in [0.25, 0.3) is 0 Å². The molecule has 1 heterocycles. The lowest BCUT2D eigenvalue weighted by molar-refractivity contribution is 0.116. The van der Waals surface area contributed by atoms with Gasteiger partial charge in [0, 0.05) is 6.04 Å². The molecule has 106 valence electrons. The molecular formula is C12H30N2OS2. The number of hydrogen-bond acceptors (Lipinski definition) is 3. The van der Waals surface area contributed by atoms with Gasteiger partial charge in [-0.05, 0) is 57.7 Å². The third-order valence-electron chi connectivity index (χ3n) is 3.55. The Morgan fingerprint density at radius 1 is 1.06 bits per heavy atom. The van der Waals surface area contributed by atoms with Gasteiger partial charge in [-0.1, -0.05) is 7.43 Å². The second-order valence-corrected chi connectivity index (χ2v) is 4.77. The van der Waals surface area contributed by atoms with Gasteiger partial charge in [-0.3, -0.25) is 0 Å². The summed E-state index contributed by atoms with van der Waals surface area (Å²) in [5, 5.41) is 16.4. The van der Waals surface area contributed by atoms with Gasteiger partial charge in [0.05, 0.1) is 6.10 Å². The van der Waals surface area contributed by atoms with E-state index in [0.717, 1.165) is 38.1 Å².